The predicted molar refractivity (Wildman–Crippen MR) is 66.9 cm³/mol. The summed E-state index contributed by atoms with van der Waals surface area (Å²) in [5.41, 5.74) is 2.87. The number of aryl methyl sites for hydroxylation is 1. The zero-order chi connectivity index (χ0) is 13.0. The number of anilines is 1. The second-order valence-corrected chi connectivity index (χ2v) is 3.93. The van der Waals surface area contributed by atoms with Gasteiger partial charge in [0.25, 0.3) is 0 Å². The fourth-order valence-electron chi connectivity index (χ4n) is 1.52. The van der Waals surface area contributed by atoms with E-state index in [4.69, 9.17) is 0 Å². The number of nitrogens with one attached hydrogen (secondary N) is 3. The zero-order valence-corrected chi connectivity index (χ0v) is 10.4. The molecule has 2 rings (SSSR count). The molecule has 0 fully saturated rings. The number of H-pyrrole nitrogens is 1. The summed E-state index contributed by atoms with van der Waals surface area (Å²) in [5, 5.41) is 9.84. The van der Waals surface area contributed by atoms with Gasteiger partial charge in [-0.25, -0.2) is 4.98 Å². The highest BCUT2D eigenvalue weighted by atomic mass is 16.1. The first-order valence-electron chi connectivity index (χ1n) is 5.65. The van der Waals surface area contributed by atoms with E-state index < -0.39 is 0 Å². The maximum absolute atomic E-state index is 11.2. The Hall–Kier alpha value is -2.31. The van der Waals surface area contributed by atoms with Crippen LogP contribution < -0.4 is 10.6 Å². The Morgan fingerprint density at radius 2 is 2.39 bits per heavy atom. The first-order valence-corrected chi connectivity index (χ1v) is 5.65. The Morgan fingerprint density at radius 1 is 1.56 bits per heavy atom. The summed E-state index contributed by atoms with van der Waals surface area (Å²) in [6, 6.07) is 0. The first kappa shape index (κ1) is 12.2. The highest BCUT2D eigenvalue weighted by Crippen LogP contribution is 2.08. The van der Waals surface area contributed by atoms with Gasteiger partial charge in [-0.05, 0) is 6.92 Å². The maximum Gasteiger partial charge on any atom is 0.241 e. The van der Waals surface area contributed by atoms with Crippen molar-refractivity contribution in [3.63, 3.8) is 0 Å². The molecule has 0 spiro atoms. The Morgan fingerprint density at radius 3 is 3.06 bits per heavy atom. The molecule has 0 saturated carbocycles. The molecule has 96 valence electrons. The minimum Gasteiger partial charge on any atom is -0.377 e. The molecule has 2 heterocycles. The molecule has 7 nitrogen and oxygen atoms in total. The standard InChI is InChI=1S/C11H16N6O/c1-8-10(15-7-14-8)4-13-9-3-16-17(5-9)6-11(18)12-2/h3,5,7,13H,4,6H2,1-2H3,(H,12,18)(H,14,15). The molecule has 7 heteroatoms. The van der Waals surface area contributed by atoms with Crippen LogP contribution in [0.3, 0.4) is 0 Å². The minimum absolute atomic E-state index is 0.0761. The fourth-order valence-corrected chi connectivity index (χ4v) is 1.52. The molecule has 0 unspecified atom stereocenters. The van der Waals surface area contributed by atoms with Crippen LogP contribution in [0.25, 0.3) is 0 Å². The van der Waals surface area contributed by atoms with E-state index in [-0.39, 0.29) is 12.5 Å². The summed E-state index contributed by atoms with van der Waals surface area (Å²) in [5.74, 6) is -0.0761. The molecule has 0 aliphatic carbocycles. The number of likely N-dealkylation sites (N-methyl/N-ethyl adjacent to an activating group) is 1. The quantitative estimate of drug-likeness (QED) is 0.709. The maximum atomic E-state index is 11.2. The van der Waals surface area contributed by atoms with E-state index in [2.05, 4.69) is 25.7 Å². The Kier molecular flexibility index (Phi) is 3.61. The van der Waals surface area contributed by atoms with Crippen LogP contribution in [0, 0.1) is 6.92 Å². The van der Waals surface area contributed by atoms with E-state index in [0.717, 1.165) is 17.1 Å². The number of rotatable bonds is 5. The summed E-state index contributed by atoms with van der Waals surface area (Å²) in [6.45, 7) is 2.82. The number of aromatic amines is 1. The molecule has 3 N–H and O–H groups in total. The highest BCUT2D eigenvalue weighted by molar-refractivity contribution is 5.75. The zero-order valence-electron chi connectivity index (χ0n) is 10.4. The third kappa shape index (κ3) is 2.88. The number of amides is 1. The van der Waals surface area contributed by atoms with Gasteiger partial charge in [0.2, 0.25) is 5.91 Å². The van der Waals surface area contributed by atoms with Gasteiger partial charge in [0.15, 0.2) is 0 Å². The van der Waals surface area contributed by atoms with Crippen LogP contribution in [0.2, 0.25) is 0 Å². The Balaban J connectivity index is 1.91. The molecule has 0 radical (unpaired) electrons. The lowest BCUT2D eigenvalue weighted by atomic mass is 10.3. The number of hydrogen-bond donors (Lipinski definition) is 3. The van der Waals surface area contributed by atoms with E-state index in [9.17, 15) is 4.79 Å². The van der Waals surface area contributed by atoms with Crippen LogP contribution in [0.4, 0.5) is 5.69 Å². The lowest BCUT2D eigenvalue weighted by Crippen LogP contribution is -2.23. The van der Waals surface area contributed by atoms with Crippen molar-refractivity contribution in [3.05, 3.63) is 30.1 Å². The van der Waals surface area contributed by atoms with Crippen molar-refractivity contribution in [3.8, 4) is 0 Å². The largest absolute Gasteiger partial charge is 0.377 e. The number of imidazole rings is 1. The third-order valence-corrected chi connectivity index (χ3v) is 2.61. The van der Waals surface area contributed by atoms with Gasteiger partial charge < -0.3 is 15.6 Å². The monoisotopic (exact) mass is 248 g/mol. The van der Waals surface area contributed by atoms with Crippen molar-refractivity contribution in [2.45, 2.75) is 20.0 Å². The number of carbonyl (C=O) groups is 1. The lowest BCUT2D eigenvalue weighted by Gasteiger charge is -2.01. The van der Waals surface area contributed by atoms with E-state index in [1.165, 1.54) is 0 Å². The van der Waals surface area contributed by atoms with E-state index in [1.54, 1.807) is 30.5 Å². The molecule has 2 aromatic heterocycles. The molecule has 0 bridgehead atoms. The van der Waals surface area contributed by atoms with Crippen LogP contribution in [0.15, 0.2) is 18.7 Å². The van der Waals surface area contributed by atoms with Crippen LogP contribution in [-0.4, -0.2) is 32.7 Å². The number of aromatic nitrogens is 4. The van der Waals surface area contributed by atoms with Crippen molar-refractivity contribution in [1.82, 2.24) is 25.1 Å². The molecular weight excluding hydrogens is 232 g/mol. The summed E-state index contributed by atoms with van der Waals surface area (Å²) in [4.78, 5) is 18.4. The smallest absolute Gasteiger partial charge is 0.241 e. The summed E-state index contributed by atoms with van der Waals surface area (Å²) < 4.78 is 1.58. The van der Waals surface area contributed by atoms with Gasteiger partial charge in [-0.2, -0.15) is 5.10 Å². The van der Waals surface area contributed by atoms with Gasteiger partial charge in [-0.1, -0.05) is 0 Å². The summed E-state index contributed by atoms with van der Waals surface area (Å²) >= 11 is 0. The van der Waals surface area contributed by atoms with Crippen molar-refractivity contribution < 1.29 is 4.79 Å². The Labute approximate surface area is 105 Å². The average Bonchev–Trinajstić information content (AvgIpc) is 2.96. The van der Waals surface area contributed by atoms with Crippen LogP contribution in [0.5, 0.6) is 0 Å². The van der Waals surface area contributed by atoms with Crippen molar-refractivity contribution >= 4 is 11.6 Å². The molecule has 0 saturated heterocycles. The number of hydrogen-bond acceptors (Lipinski definition) is 4. The second-order valence-electron chi connectivity index (χ2n) is 3.93. The van der Waals surface area contributed by atoms with Crippen molar-refractivity contribution in [2.24, 2.45) is 0 Å². The number of carbonyl (C=O) groups excluding carboxylic acids is 1. The molecule has 0 atom stereocenters. The minimum atomic E-state index is -0.0761. The fraction of sp³-hybridized carbons (Fsp3) is 0.364. The highest BCUT2D eigenvalue weighted by Gasteiger charge is 2.04. The van der Waals surface area contributed by atoms with E-state index in [1.807, 2.05) is 6.92 Å². The molecule has 0 aromatic carbocycles. The van der Waals surface area contributed by atoms with Gasteiger partial charge in [0, 0.05) is 18.9 Å². The SMILES string of the molecule is CNC(=O)Cn1cc(NCc2nc[nH]c2C)cn1. The van der Waals surface area contributed by atoms with Gasteiger partial charge in [0.1, 0.15) is 6.54 Å². The topological polar surface area (TPSA) is 87.6 Å². The van der Waals surface area contributed by atoms with Crippen LogP contribution >= 0.6 is 0 Å². The molecular formula is C11H16N6O. The average molecular weight is 248 g/mol. The van der Waals surface area contributed by atoms with Crippen LogP contribution in [-0.2, 0) is 17.9 Å². The van der Waals surface area contributed by atoms with Crippen LogP contribution in [0.1, 0.15) is 11.4 Å². The normalized spacial score (nSPS) is 10.3. The summed E-state index contributed by atoms with van der Waals surface area (Å²) in [7, 11) is 1.60. The molecule has 18 heavy (non-hydrogen) atoms. The Bertz CT molecular complexity index is 529. The van der Waals surface area contributed by atoms with Crippen molar-refractivity contribution in [1.29, 1.82) is 0 Å². The molecule has 2 aromatic rings. The van der Waals surface area contributed by atoms with E-state index in [0.29, 0.717) is 6.54 Å². The first-order chi connectivity index (χ1) is 8.69. The molecule has 0 aliphatic rings. The molecule has 1 amide bonds. The lowest BCUT2D eigenvalue weighted by molar-refractivity contribution is -0.121. The van der Waals surface area contributed by atoms with Gasteiger partial charge >= 0.3 is 0 Å². The van der Waals surface area contributed by atoms with Gasteiger partial charge in [-0.3, -0.25) is 9.48 Å². The number of nitrogens with zero attached hydrogens (tertiary/aromatic N) is 3. The third-order valence-electron chi connectivity index (χ3n) is 2.61. The van der Waals surface area contributed by atoms with E-state index >= 15 is 0 Å². The summed E-state index contributed by atoms with van der Waals surface area (Å²) in [6.07, 6.45) is 5.14. The predicted octanol–water partition coefficient (Wildman–Crippen LogP) is 0.273. The second kappa shape index (κ2) is 5.35. The van der Waals surface area contributed by atoms with Crippen molar-refractivity contribution in [2.75, 3.05) is 12.4 Å². The van der Waals surface area contributed by atoms with Gasteiger partial charge in [-0.15, -0.1) is 0 Å². The molecule has 0 aliphatic heterocycles. The van der Waals surface area contributed by atoms with Gasteiger partial charge in [0.05, 0.1) is 30.5 Å².